The third kappa shape index (κ3) is 6.34. The number of benzene rings is 1. The van der Waals surface area contributed by atoms with Gasteiger partial charge in [0.25, 0.3) is 0 Å². The van der Waals surface area contributed by atoms with Crippen molar-refractivity contribution in [1.82, 2.24) is 15.1 Å². The Balaban J connectivity index is 1.82. The van der Waals surface area contributed by atoms with Crippen LogP contribution in [0.15, 0.2) is 18.2 Å². The van der Waals surface area contributed by atoms with E-state index in [9.17, 15) is 14.0 Å². The molecule has 9 heteroatoms. The second kappa shape index (κ2) is 8.86. The molecule has 1 aliphatic rings. The van der Waals surface area contributed by atoms with Crippen LogP contribution in [0, 0.1) is 5.82 Å². The van der Waals surface area contributed by atoms with E-state index in [1.165, 1.54) is 18.2 Å². The van der Waals surface area contributed by atoms with Gasteiger partial charge in [0.1, 0.15) is 5.82 Å². The molecule has 0 aliphatic carbocycles. The Kier molecular flexibility index (Phi) is 7.02. The Morgan fingerprint density at radius 1 is 1.22 bits per heavy atom. The molecule has 27 heavy (non-hydrogen) atoms. The Hall–Kier alpha value is -1.90. The van der Waals surface area contributed by atoms with E-state index < -0.39 is 11.9 Å². The van der Waals surface area contributed by atoms with Gasteiger partial charge in [-0.2, -0.15) is 0 Å². The lowest BCUT2D eigenvalue weighted by atomic mass is 10.1. The number of piperazine rings is 1. The maximum atomic E-state index is 13.5. The maximum absolute atomic E-state index is 13.5. The van der Waals surface area contributed by atoms with Gasteiger partial charge < -0.3 is 26.2 Å². The molecule has 0 bridgehead atoms. The third-order valence-corrected chi connectivity index (χ3v) is 4.53. The van der Waals surface area contributed by atoms with E-state index in [2.05, 4.69) is 10.6 Å². The zero-order valence-electron chi connectivity index (χ0n) is 15.9. The summed E-state index contributed by atoms with van der Waals surface area (Å²) < 4.78 is 13.5. The molecule has 3 amide bonds. The van der Waals surface area contributed by atoms with Crippen molar-refractivity contribution in [3.63, 3.8) is 0 Å². The molecule has 1 atom stereocenters. The summed E-state index contributed by atoms with van der Waals surface area (Å²) in [5, 5.41) is 5.85. The van der Waals surface area contributed by atoms with Gasteiger partial charge in [0, 0.05) is 44.0 Å². The normalized spacial score (nSPS) is 16.2. The maximum Gasteiger partial charge on any atom is 0.321 e. The van der Waals surface area contributed by atoms with E-state index in [0.717, 1.165) is 0 Å². The van der Waals surface area contributed by atoms with Gasteiger partial charge in [-0.05, 0) is 39.0 Å². The molecule has 150 valence electrons. The standard InChI is InChI=1S/C18H27ClFN5O2/c1-18(2,3)22-11-15(21)16(26)24-6-8-25(9-7-24)17(27)23-12-4-5-13(19)14(20)10-12/h4-5,10,15,22H,6-9,11,21H2,1-3H3,(H,23,27)/t15-/m1/s1. The number of amides is 3. The molecule has 4 N–H and O–H groups in total. The van der Waals surface area contributed by atoms with Crippen LogP contribution in [0.3, 0.4) is 0 Å². The molecule has 1 aromatic carbocycles. The van der Waals surface area contributed by atoms with Gasteiger partial charge in [0.2, 0.25) is 5.91 Å². The number of urea groups is 1. The number of hydrogen-bond donors (Lipinski definition) is 3. The first-order chi connectivity index (χ1) is 12.6. The van der Waals surface area contributed by atoms with Gasteiger partial charge in [-0.3, -0.25) is 4.79 Å². The van der Waals surface area contributed by atoms with Crippen LogP contribution in [0.4, 0.5) is 14.9 Å². The van der Waals surface area contributed by atoms with Gasteiger partial charge in [-0.15, -0.1) is 0 Å². The molecule has 1 heterocycles. The molecule has 2 rings (SSSR count). The molecular formula is C18H27ClFN5O2. The molecule has 0 aromatic heterocycles. The quantitative estimate of drug-likeness (QED) is 0.720. The number of nitrogens with two attached hydrogens (primary N) is 1. The number of nitrogens with one attached hydrogen (secondary N) is 2. The van der Waals surface area contributed by atoms with Crippen LogP contribution in [0.1, 0.15) is 20.8 Å². The van der Waals surface area contributed by atoms with E-state index in [4.69, 9.17) is 17.3 Å². The summed E-state index contributed by atoms with van der Waals surface area (Å²) in [6.45, 7) is 8.00. The van der Waals surface area contributed by atoms with Crippen LogP contribution < -0.4 is 16.4 Å². The molecule has 1 aromatic rings. The van der Waals surface area contributed by atoms with E-state index in [0.29, 0.717) is 38.4 Å². The predicted molar refractivity (Wildman–Crippen MR) is 104 cm³/mol. The Morgan fingerprint density at radius 3 is 2.37 bits per heavy atom. The SMILES string of the molecule is CC(C)(C)NC[C@@H](N)C(=O)N1CCN(C(=O)Nc2ccc(Cl)c(F)c2)CC1. The lowest BCUT2D eigenvalue weighted by Crippen LogP contribution is -2.57. The fourth-order valence-corrected chi connectivity index (χ4v) is 2.76. The summed E-state index contributed by atoms with van der Waals surface area (Å²) in [5.41, 5.74) is 6.20. The highest BCUT2D eigenvalue weighted by Gasteiger charge is 2.27. The van der Waals surface area contributed by atoms with Gasteiger partial charge in [-0.1, -0.05) is 11.6 Å². The number of hydrogen-bond acceptors (Lipinski definition) is 4. The summed E-state index contributed by atoms with van der Waals surface area (Å²) in [4.78, 5) is 28.0. The Bertz CT molecular complexity index is 687. The number of nitrogens with zero attached hydrogens (tertiary/aromatic N) is 2. The lowest BCUT2D eigenvalue weighted by molar-refractivity contribution is -0.133. The van der Waals surface area contributed by atoms with Crippen LogP contribution in [0.5, 0.6) is 0 Å². The van der Waals surface area contributed by atoms with Crippen molar-refractivity contribution < 1.29 is 14.0 Å². The van der Waals surface area contributed by atoms with Gasteiger partial charge in [0.05, 0.1) is 11.1 Å². The van der Waals surface area contributed by atoms with Crippen LogP contribution >= 0.6 is 11.6 Å². The fourth-order valence-electron chi connectivity index (χ4n) is 2.64. The highest BCUT2D eigenvalue weighted by atomic mass is 35.5. The molecule has 1 fully saturated rings. The smallest absolute Gasteiger partial charge is 0.321 e. The van der Waals surface area contributed by atoms with Crippen LogP contribution in [0.25, 0.3) is 0 Å². The number of carbonyl (C=O) groups excluding carboxylic acids is 2. The highest BCUT2D eigenvalue weighted by Crippen LogP contribution is 2.19. The summed E-state index contributed by atoms with van der Waals surface area (Å²) in [6.07, 6.45) is 0. The molecule has 1 aliphatic heterocycles. The van der Waals surface area contributed by atoms with E-state index in [1.807, 2.05) is 20.8 Å². The average molecular weight is 400 g/mol. The minimum atomic E-state index is -0.623. The van der Waals surface area contributed by atoms with E-state index in [1.54, 1.807) is 9.80 Å². The summed E-state index contributed by atoms with van der Waals surface area (Å²) in [5.74, 6) is -0.727. The van der Waals surface area contributed by atoms with Crippen LogP contribution in [-0.4, -0.2) is 66.0 Å². The molecule has 0 radical (unpaired) electrons. The number of halogens is 2. The van der Waals surface area contributed by atoms with Gasteiger partial charge >= 0.3 is 6.03 Å². The third-order valence-electron chi connectivity index (χ3n) is 4.22. The summed E-state index contributed by atoms with van der Waals surface area (Å²) in [7, 11) is 0. The molecule has 0 spiro atoms. The van der Waals surface area contributed by atoms with Crippen molar-refractivity contribution in [3.05, 3.63) is 29.0 Å². The van der Waals surface area contributed by atoms with Crippen LogP contribution in [0.2, 0.25) is 5.02 Å². The molecule has 1 saturated heterocycles. The monoisotopic (exact) mass is 399 g/mol. The second-order valence-electron chi connectivity index (χ2n) is 7.61. The van der Waals surface area contributed by atoms with Crippen molar-refractivity contribution >= 4 is 29.2 Å². The van der Waals surface area contributed by atoms with Gasteiger partial charge in [-0.25, -0.2) is 9.18 Å². The van der Waals surface area contributed by atoms with E-state index >= 15 is 0 Å². The minimum Gasteiger partial charge on any atom is -0.338 e. The minimum absolute atomic E-state index is 0.00239. The van der Waals surface area contributed by atoms with Crippen LogP contribution in [-0.2, 0) is 4.79 Å². The lowest BCUT2D eigenvalue weighted by Gasteiger charge is -2.36. The Morgan fingerprint density at radius 2 is 1.81 bits per heavy atom. The number of anilines is 1. The first-order valence-corrected chi connectivity index (χ1v) is 9.25. The van der Waals surface area contributed by atoms with Crippen molar-refractivity contribution in [1.29, 1.82) is 0 Å². The van der Waals surface area contributed by atoms with E-state index in [-0.39, 0.29) is 22.5 Å². The number of rotatable bonds is 4. The van der Waals surface area contributed by atoms with Gasteiger partial charge in [0.15, 0.2) is 0 Å². The van der Waals surface area contributed by atoms with Crippen molar-refractivity contribution in [3.8, 4) is 0 Å². The highest BCUT2D eigenvalue weighted by molar-refractivity contribution is 6.30. The van der Waals surface area contributed by atoms with Crippen molar-refractivity contribution in [2.45, 2.75) is 32.4 Å². The molecular weight excluding hydrogens is 373 g/mol. The Labute approximate surface area is 164 Å². The first kappa shape index (κ1) is 21.4. The van der Waals surface area contributed by atoms with Crippen molar-refractivity contribution in [2.75, 3.05) is 38.0 Å². The topological polar surface area (TPSA) is 90.7 Å². The second-order valence-corrected chi connectivity index (χ2v) is 8.02. The molecule has 0 saturated carbocycles. The number of carbonyl (C=O) groups is 2. The zero-order valence-corrected chi connectivity index (χ0v) is 16.6. The largest absolute Gasteiger partial charge is 0.338 e. The average Bonchev–Trinajstić information content (AvgIpc) is 2.61. The molecule has 0 unspecified atom stereocenters. The first-order valence-electron chi connectivity index (χ1n) is 8.87. The summed E-state index contributed by atoms with van der Waals surface area (Å²) in [6, 6.07) is 3.12. The summed E-state index contributed by atoms with van der Waals surface area (Å²) >= 11 is 5.63. The van der Waals surface area contributed by atoms with Crippen molar-refractivity contribution in [2.24, 2.45) is 5.73 Å². The zero-order chi connectivity index (χ0) is 20.2. The fraction of sp³-hybridized carbons (Fsp3) is 0.556. The molecule has 7 nitrogen and oxygen atoms in total. The predicted octanol–water partition coefficient (Wildman–Crippen LogP) is 1.87.